The predicted octanol–water partition coefficient (Wildman–Crippen LogP) is 2.11. The molecule has 0 radical (unpaired) electrons. The summed E-state index contributed by atoms with van der Waals surface area (Å²) < 4.78 is 0. The Morgan fingerprint density at radius 1 is 1.17 bits per heavy atom. The fourth-order valence-electron chi connectivity index (χ4n) is 2.89. The molecule has 0 bridgehead atoms. The number of carboxylic acid groups (broad SMARTS) is 1. The Labute approximate surface area is 141 Å². The Bertz CT molecular complexity index is 574. The minimum atomic E-state index is -0.966. The van der Waals surface area contributed by atoms with Gasteiger partial charge in [-0.05, 0) is 18.4 Å². The van der Waals surface area contributed by atoms with Gasteiger partial charge in [0.1, 0.15) is 0 Å². The van der Waals surface area contributed by atoms with Gasteiger partial charge >= 0.3 is 5.97 Å². The first-order valence-corrected chi connectivity index (χ1v) is 8.40. The number of carbonyl (C=O) groups excluding carboxylic acids is 2. The van der Waals surface area contributed by atoms with Gasteiger partial charge in [-0.25, -0.2) is 0 Å². The van der Waals surface area contributed by atoms with Crippen LogP contribution in [0.5, 0.6) is 0 Å². The molecule has 130 valence electrons. The third-order valence-electron chi connectivity index (χ3n) is 4.20. The maximum Gasteiger partial charge on any atom is 0.305 e. The van der Waals surface area contributed by atoms with Crippen LogP contribution in [0, 0.1) is 0 Å². The smallest absolute Gasteiger partial charge is 0.305 e. The van der Waals surface area contributed by atoms with Crippen LogP contribution < -0.4 is 5.32 Å². The Morgan fingerprint density at radius 2 is 1.92 bits per heavy atom. The molecular weight excluding hydrogens is 308 g/mol. The van der Waals surface area contributed by atoms with Gasteiger partial charge in [0.2, 0.25) is 11.8 Å². The van der Waals surface area contributed by atoms with E-state index in [2.05, 4.69) is 5.32 Å². The summed E-state index contributed by atoms with van der Waals surface area (Å²) in [5.41, 5.74) is 0.763. The van der Waals surface area contributed by atoms with Crippen LogP contribution in [0.1, 0.15) is 50.1 Å². The Hall–Kier alpha value is -2.37. The van der Waals surface area contributed by atoms with E-state index in [9.17, 15) is 14.4 Å². The minimum absolute atomic E-state index is 0.102. The fourth-order valence-corrected chi connectivity index (χ4v) is 2.89. The summed E-state index contributed by atoms with van der Waals surface area (Å²) in [5, 5.41) is 11.8. The summed E-state index contributed by atoms with van der Waals surface area (Å²) in [6, 6.07) is 8.50. The van der Waals surface area contributed by atoms with Gasteiger partial charge in [-0.2, -0.15) is 0 Å². The predicted molar refractivity (Wildman–Crippen MR) is 89.2 cm³/mol. The highest BCUT2D eigenvalue weighted by atomic mass is 16.4. The normalized spacial score (nSPS) is 16.3. The molecule has 6 heteroatoms. The van der Waals surface area contributed by atoms with E-state index in [0.29, 0.717) is 19.5 Å². The second-order valence-corrected chi connectivity index (χ2v) is 6.07. The van der Waals surface area contributed by atoms with Gasteiger partial charge in [-0.15, -0.1) is 0 Å². The zero-order valence-electron chi connectivity index (χ0n) is 13.7. The third-order valence-corrected chi connectivity index (χ3v) is 4.20. The van der Waals surface area contributed by atoms with E-state index in [4.69, 9.17) is 5.11 Å². The van der Waals surface area contributed by atoms with Crippen LogP contribution in [0.15, 0.2) is 30.3 Å². The number of carbonyl (C=O) groups is 3. The molecule has 1 aliphatic heterocycles. The molecule has 2 N–H and O–H groups in total. The molecule has 2 amide bonds. The van der Waals surface area contributed by atoms with Gasteiger partial charge in [0, 0.05) is 25.9 Å². The maximum atomic E-state index is 12.2. The van der Waals surface area contributed by atoms with Crippen LogP contribution in [0.3, 0.4) is 0 Å². The third kappa shape index (κ3) is 5.68. The van der Waals surface area contributed by atoms with Crippen LogP contribution in [0.4, 0.5) is 0 Å². The minimum Gasteiger partial charge on any atom is -0.481 e. The molecule has 0 aliphatic carbocycles. The standard InChI is InChI=1S/C18H24N2O4/c21-16(10-12-20-11-6-2-5-9-17(20)22)19-15(13-18(23)24)14-7-3-1-4-8-14/h1,3-4,7-8,15H,2,5-6,9-13H2,(H,19,21)(H,23,24)/t15-/m0/s1. The number of hydrogen-bond acceptors (Lipinski definition) is 3. The first-order chi connectivity index (χ1) is 11.6. The zero-order valence-corrected chi connectivity index (χ0v) is 13.7. The lowest BCUT2D eigenvalue weighted by molar-refractivity contribution is -0.137. The van der Waals surface area contributed by atoms with Crippen molar-refractivity contribution in [2.45, 2.75) is 44.6 Å². The Kier molecular flexibility index (Phi) is 6.78. The molecule has 0 aromatic heterocycles. The number of nitrogens with one attached hydrogen (secondary N) is 1. The van der Waals surface area contributed by atoms with E-state index in [1.165, 1.54) is 0 Å². The highest BCUT2D eigenvalue weighted by Crippen LogP contribution is 2.17. The number of benzene rings is 1. The quantitative estimate of drug-likeness (QED) is 0.800. The molecule has 0 saturated carbocycles. The molecule has 0 unspecified atom stereocenters. The molecule has 1 fully saturated rings. The highest BCUT2D eigenvalue weighted by molar-refractivity contribution is 5.80. The Balaban J connectivity index is 1.90. The second-order valence-electron chi connectivity index (χ2n) is 6.07. The SMILES string of the molecule is O=C(O)C[C@H](NC(=O)CCN1CCCCCC1=O)c1ccccc1. The summed E-state index contributed by atoms with van der Waals surface area (Å²) in [7, 11) is 0. The van der Waals surface area contributed by atoms with Gasteiger partial charge in [0.05, 0.1) is 12.5 Å². The lowest BCUT2D eigenvalue weighted by atomic mass is 10.0. The summed E-state index contributed by atoms with van der Waals surface area (Å²) >= 11 is 0. The van der Waals surface area contributed by atoms with Gasteiger partial charge in [-0.1, -0.05) is 36.8 Å². The molecule has 6 nitrogen and oxygen atoms in total. The number of rotatable bonds is 7. The number of hydrogen-bond donors (Lipinski definition) is 2. The molecule has 1 atom stereocenters. The number of aliphatic carboxylic acids is 1. The lowest BCUT2D eigenvalue weighted by Crippen LogP contribution is -2.36. The van der Waals surface area contributed by atoms with Crippen molar-refractivity contribution in [2.75, 3.05) is 13.1 Å². The van der Waals surface area contributed by atoms with Crippen molar-refractivity contribution < 1.29 is 19.5 Å². The van der Waals surface area contributed by atoms with Crippen LogP contribution in [0.2, 0.25) is 0 Å². The highest BCUT2D eigenvalue weighted by Gasteiger charge is 2.20. The number of nitrogens with zero attached hydrogens (tertiary/aromatic N) is 1. The topological polar surface area (TPSA) is 86.7 Å². The van der Waals surface area contributed by atoms with Crippen molar-refractivity contribution >= 4 is 17.8 Å². The van der Waals surface area contributed by atoms with Crippen LogP contribution in [0.25, 0.3) is 0 Å². The summed E-state index contributed by atoms with van der Waals surface area (Å²) in [5.74, 6) is -1.10. The van der Waals surface area contributed by atoms with Gasteiger partial charge < -0.3 is 15.3 Å². The number of likely N-dealkylation sites (tertiary alicyclic amines) is 1. The monoisotopic (exact) mass is 332 g/mol. The largest absolute Gasteiger partial charge is 0.481 e. The molecule has 24 heavy (non-hydrogen) atoms. The molecule has 2 rings (SSSR count). The van der Waals surface area contributed by atoms with Gasteiger partial charge in [0.15, 0.2) is 0 Å². The van der Waals surface area contributed by atoms with Crippen molar-refractivity contribution in [3.8, 4) is 0 Å². The first kappa shape index (κ1) is 18.0. The summed E-state index contributed by atoms with van der Waals surface area (Å²) in [6.45, 7) is 1.09. The maximum absolute atomic E-state index is 12.2. The Morgan fingerprint density at radius 3 is 2.62 bits per heavy atom. The number of carboxylic acids is 1. The van der Waals surface area contributed by atoms with Crippen molar-refractivity contribution in [1.29, 1.82) is 0 Å². The van der Waals surface area contributed by atoms with Gasteiger partial charge in [0.25, 0.3) is 0 Å². The molecule has 1 saturated heterocycles. The van der Waals surface area contributed by atoms with Crippen LogP contribution >= 0.6 is 0 Å². The fraction of sp³-hybridized carbons (Fsp3) is 0.500. The average molecular weight is 332 g/mol. The number of amides is 2. The van der Waals surface area contributed by atoms with Crippen LogP contribution in [-0.4, -0.2) is 40.9 Å². The summed E-state index contributed by atoms with van der Waals surface area (Å²) in [6.07, 6.45) is 3.50. The van der Waals surface area contributed by atoms with E-state index in [-0.39, 0.29) is 24.7 Å². The van der Waals surface area contributed by atoms with E-state index < -0.39 is 12.0 Å². The molecule has 1 aromatic carbocycles. The molecular formula is C18H24N2O4. The van der Waals surface area contributed by atoms with E-state index >= 15 is 0 Å². The second kappa shape index (κ2) is 9.05. The van der Waals surface area contributed by atoms with Crippen molar-refractivity contribution in [2.24, 2.45) is 0 Å². The zero-order chi connectivity index (χ0) is 17.4. The van der Waals surface area contributed by atoms with E-state index in [1.807, 2.05) is 18.2 Å². The van der Waals surface area contributed by atoms with Crippen molar-refractivity contribution in [1.82, 2.24) is 10.2 Å². The average Bonchev–Trinajstić information content (AvgIpc) is 2.77. The molecule has 1 heterocycles. The van der Waals surface area contributed by atoms with E-state index in [1.54, 1.807) is 17.0 Å². The van der Waals surface area contributed by atoms with Crippen molar-refractivity contribution in [3.63, 3.8) is 0 Å². The van der Waals surface area contributed by atoms with Gasteiger partial charge in [-0.3, -0.25) is 14.4 Å². The molecule has 1 aromatic rings. The molecule has 1 aliphatic rings. The molecule has 0 spiro atoms. The van der Waals surface area contributed by atoms with Crippen LogP contribution in [-0.2, 0) is 14.4 Å². The van der Waals surface area contributed by atoms with E-state index in [0.717, 1.165) is 24.8 Å². The first-order valence-electron chi connectivity index (χ1n) is 8.40. The van der Waals surface area contributed by atoms with Crippen molar-refractivity contribution in [3.05, 3.63) is 35.9 Å². The lowest BCUT2D eigenvalue weighted by Gasteiger charge is -2.22. The summed E-state index contributed by atoms with van der Waals surface area (Å²) in [4.78, 5) is 36.9.